The SMILES string of the molecule is CC(=O)OC(C)C.CCCC(=O)O. The van der Waals surface area contributed by atoms with Crippen LogP contribution < -0.4 is 0 Å². The van der Waals surface area contributed by atoms with Crippen molar-refractivity contribution in [1.82, 2.24) is 0 Å². The minimum atomic E-state index is -0.711. The maximum Gasteiger partial charge on any atom is 0.303 e. The minimum absolute atomic E-state index is 0.0255. The maximum absolute atomic E-state index is 10.0. The van der Waals surface area contributed by atoms with Crippen LogP contribution in [0.3, 0.4) is 0 Å². The second-order valence-corrected chi connectivity index (χ2v) is 2.80. The third-order valence-corrected chi connectivity index (χ3v) is 0.866. The summed E-state index contributed by atoms with van der Waals surface area (Å²) < 4.78 is 4.61. The summed E-state index contributed by atoms with van der Waals surface area (Å²) in [5.74, 6) is -0.924. The lowest BCUT2D eigenvalue weighted by atomic mass is 10.4. The van der Waals surface area contributed by atoms with E-state index in [0.29, 0.717) is 6.42 Å². The molecule has 0 aromatic heterocycles. The fourth-order valence-corrected chi connectivity index (χ4v) is 0.546. The Balaban J connectivity index is 0. The Hall–Kier alpha value is -1.06. The van der Waals surface area contributed by atoms with Crippen molar-refractivity contribution in [1.29, 1.82) is 0 Å². The number of aliphatic carboxylic acids is 1. The predicted molar refractivity (Wildman–Crippen MR) is 49.4 cm³/mol. The van der Waals surface area contributed by atoms with Crippen LogP contribution >= 0.6 is 0 Å². The van der Waals surface area contributed by atoms with E-state index in [0.717, 1.165) is 6.42 Å². The third-order valence-electron chi connectivity index (χ3n) is 0.866. The normalized spacial score (nSPS) is 8.69. The summed E-state index contributed by atoms with van der Waals surface area (Å²) in [7, 11) is 0. The molecule has 0 bridgehead atoms. The molecule has 78 valence electrons. The first-order chi connectivity index (χ1) is 5.90. The number of carbonyl (C=O) groups is 2. The van der Waals surface area contributed by atoms with Gasteiger partial charge in [-0.3, -0.25) is 9.59 Å². The van der Waals surface area contributed by atoms with Crippen LogP contribution in [0.4, 0.5) is 0 Å². The van der Waals surface area contributed by atoms with E-state index in [-0.39, 0.29) is 12.1 Å². The van der Waals surface area contributed by atoms with Crippen LogP contribution in [0.5, 0.6) is 0 Å². The highest BCUT2D eigenvalue weighted by Crippen LogP contribution is 1.85. The summed E-state index contributed by atoms with van der Waals surface area (Å²) in [5.41, 5.74) is 0. The Morgan fingerprint density at radius 1 is 1.38 bits per heavy atom. The molecule has 0 aliphatic heterocycles. The number of hydrogen-bond donors (Lipinski definition) is 1. The van der Waals surface area contributed by atoms with Gasteiger partial charge in [-0.05, 0) is 20.3 Å². The highest BCUT2D eigenvalue weighted by molar-refractivity contribution is 5.66. The van der Waals surface area contributed by atoms with Crippen LogP contribution in [0.1, 0.15) is 40.5 Å². The number of esters is 1. The standard InChI is InChI=1S/C5H10O2.C4H8O2/c1-4(2)7-5(3)6;1-2-3-4(5)6/h4H,1-3H3;2-3H2,1H3,(H,5,6). The van der Waals surface area contributed by atoms with Crippen molar-refractivity contribution in [2.45, 2.75) is 46.6 Å². The number of carbonyl (C=O) groups excluding carboxylic acids is 1. The van der Waals surface area contributed by atoms with Crippen molar-refractivity contribution in [3.63, 3.8) is 0 Å². The zero-order valence-corrected chi connectivity index (χ0v) is 8.66. The zero-order valence-electron chi connectivity index (χ0n) is 8.66. The molecule has 0 radical (unpaired) electrons. The minimum Gasteiger partial charge on any atom is -0.481 e. The third kappa shape index (κ3) is 24.8. The fourth-order valence-electron chi connectivity index (χ4n) is 0.546. The van der Waals surface area contributed by atoms with E-state index in [1.54, 1.807) is 0 Å². The average Bonchev–Trinajstić information content (AvgIpc) is 1.83. The van der Waals surface area contributed by atoms with E-state index in [1.165, 1.54) is 6.92 Å². The maximum atomic E-state index is 10.0. The van der Waals surface area contributed by atoms with E-state index in [2.05, 4.69) is 4.74 Å². The molecule has 1 N–H and O–H groups in total. The molecule has 0 saturated heterocycles. The van der Waals surface area contributed by atoms with Gasteiger partial charge in [0.2, 0.25) is 0 Å². The van der Waals surface area contributed by atoms with Crippen molar-refractivity contribution in [3.8, 4) is 0 Å². The van der Waals surface area contributed by atoms with Gasteiger partial charge in [-0.1, -0.05) is 6.92 Å². The molecule has 0 unspecified atom stereocenters. The molecular weight excluding hydrogens is 172 g/mol. The van der Waals surface area contributed by atoms with Gasteiger partial charge < -0.3 is 9.84 Å². The molecular formula is C9H18O4. The van der Waals surface area contributed by atoms with Crippen molar-refractivity contribution >= 4 is 11.9 Å². The van der Waals surface area contributed by atoms with Crippen molar-refractivity contribution < 1.29 is 19.4 Å². The molecule has 4 nitrogen and oxygen atoms in total. The smallest absolute Gasteiger partial charge is 0.303 e. The zero-order chi connectivity index (χ0) is 10.9. The van der Waals surface area contributed by atoms with Gasteiger partial charge >= 0.3 is 11.9 Å². The summed E-state index contributed by atoms with van der Waals surface area (Å²) in [6.45, 7) is 6.89. The summed E-state index contributed by atoms with van der Waals surface area (Å²) in [4.78, 5) is 19.6. The lowest BCUT2D eigenvalue weighted by molar-refractivity contribution is -0.144. The quantitative estimate of drug-likeness (QED) is 0.689. The summed E-state index contributed by atoms with van der Waals surface area (Å²) in [6, 6.07) is 0. The molecule has 0 spiro atoms. The predicted octanol–water partition coefficient (Wildman–Crippen LogP) is 1.83. The molecule has 0 rings (SSSR count). The highest BCUT2D eigenvalue weighted by Gasteiger charge is 1.93. The average molecular weight is 190 g/mol. The van der Waals surface area contributed by atoms with E-state index in [1.807, 2.05) is 20.8 Å². The van der Waals surface area contributed by atoms with Crippen LogP contribution in [-0.2, 0) is 14.3 Å². The molecule has 0 atom stereocenters. The molecule has 0 aliphatic carbocycles. The molecule has 0 saturated carbocycles. The molecule has 4 heteroatoms. The van der Waals surface area contributed by atoms with Crippen molar-refractivity contribution in [2.24, 2.45) is 0 Å². The van der Waals surface area contributed by atoms with Gasteiger partial charge in [-0.2, -0.15) is 0 Å². The summed E-state index contributed by atoms with van der Waals surface area (Å²) >= 11 is 0. The van der Waals surface area contributed by atoms with Crippen molar-refractivity contribution in [2.75, 3.05) is 0 Å². The second-order valence-electron chi connectivity index (χ2n) is 2.80. The number of ether oxygens (including phenoxy) is 1. The number of carboxylic acid groups (broad SMARTS) is 1. The van der Waals surface area contributed by atoms with Gasteiger partial charge in [0.1, 0.15) is 0 Å². The van der Waals surface area contributed by atoms with Gasteiger partial charge in [0, 0.05) is 13.3 Å². The number of hydrogen-bond acceptors (Lipinski definition) is 3. The summed E-state index contributed by atoms with van der Waals surface area (Å²) in [6.07, 6.45) is 1.05. The van der Waals surface area contributed by atoms with Crippen LogP contribution in [-0.4, -0.2) is 23.1 Å². The first-order valence-electron chi connectivity index (χ1n) is 4.29. The number of carboxylic acids is 1. The highest BCUT2D eigenvalue weighted by atomic mass is 16.5. The largest absolute Gasteiger partial charge is 0.481 e. The Bertz CT molecular complexity index is 152. The Morgan fingerprint density at radius 3 is 1.85 bits per heavy atom. The first-order valence-corrected chi connectivity index (χ1v) is 4.29. The van der Waals surface area contributed by atoms with Gasteiger partial charge in [-0.15, -0.1) is 0 Å². The molecule has 0 fully saturated rings. The topological polar surface area (TPSA) is 63.6 Å². The van der Waals surface area contributed by atoms with Crippen LogP contribution in [0.25, 0.3) is 0 Å². The molecule has 0 aromatic carbocycles. The number of rotatable bonds is 3. The van der Waals surface area contributed by atoms with Gasteiger partial charge in [0.15, 0.2) is 0 Å². The van der Waals surface area contributed by atoms with E-state index < -0.39 is 5.97 Å². The lowest BCUT2D eigenvalue weighted by Gasteiger charge is -2.01. The fraction of sp³-hybridized carbons (Fsp3) is 0.778. The summed E-state index contributed by atoms with van der Waals surface area (Å²) in [5, 5.41) is 7.91. The molecule has 0 heterocycles. The van der Waals surface area contributed by atoms with E-state index in [9.17, 15) is 9.59 Å². The van der Waals surface area contributed by atoms with Crippen LogP contribution in [0, 0.1) is 0 Å². The Morgan fingerprint density at radius 2 is 1.85 bits per heavy atom. The van der Waals surface area contributed by atoms with Gasteiger partial charge in [0.25, 0.3) is 0 Å². The molecule has 0 aliphatic rings. The van der Waals surface area contributed by atoms with Crippen LogP contribution in [0.15, 0.2) is 0 Å². The van der Waals surface area contributed by atoms with Gasteiger partial charge in [-0.25, -0.2) is 0 Å². The van der Waals surface area contributed by atoms with Crippen molar-refractivity contribution in [3.05, 3.63) is 0 Å². The van der Waals surface area contributed by atoms with Gasteiger partial charge in [0.05, 0.1) is 6.10 Å². The van der Waals surface area contributed by atoms with E-state index in [4.69, 9.17) is 5.11 Å². The molecule has 0 aromatic rings. The van der Waals surface area contributed by atoms with E-state index >= 15 is 0 Å². The second kappa shape index (κ2) is 9.03. The first kappa shape index (κ1) is 14.5. The molecule has 0 amide bonds. The Kier molecular flexibility index (Phi) is 10.0. The Labute approximate surface area is 78.9 Å². The lowest BCUT2D eigenvalue weighted by Crippen LogP contribution is -2.06. The monoisotopic (exact) mass is 190 g/mol. The molecule has 13 heavy (non-hydrogen) atoms. The van der Waals surface area contributed by atoms with Crippen LogP contribution in [0.2, 0.25) is 0 Å².